The Kier molecular flexibility index (Phi) is 2.74. The van der Waals surface area contributed by atoms with Gasteiger partial charge in [0.2, 0.25) is 0 Å². The summed E-state index contributed by atoms with van der Waals surface area (Å²) in [6.45, 7) is 0. The van der Waals surface area contributed by atoms with Crippen LogP contribution in [0, 0.1) is 3.70 Å². The number of aromatic nitrogens is 2. The smallest absolute Gasteiger partial charge is 0.436 e. The van der Waals surface area contributed by atoms with E-state index >= 15 is 0 Å². The lowest BCUT2D eigenvalue weighted by Crippen LogP contribution is -2.12. The van der Waals surface area contributed by atoms with Gasteiger partial charge in [0.15, 0.2) is 15.1 Å². The van der Waals surface area contributed by atoms with E-state index < -0.39 is 11.9 Å². The standard InChI is InChI=1S/C6H6F3IN2O/c1-12-4(6(7,8)9)3(13-2)5(10)11-12/h1-2H3. The molecule has 13 heavy (non-hydrogen) atoms. The van der Waals surface area contributed by atoms with Gasteiger partial charge in [0, 0.05) is 7.05 Å². The molecular weight excluding hydrogens is 300 g/mol. The molecule has 7 heteroatoms. The lowest BCUT2D eigenvalue weighted by Gasteiger charge is -2.08. The third-order valence-corrected chi connectivity index (χ3v) is 2.14. The van der Waals surface area contributed by atoms with Crippen molar-refractivity contribution in [3.63, 3.8) is 0 Å². The fourth-order valence-corrected chi connectivity index (χ4v) is 1.76. The number of hydrogen-bond donors (Lipinski definition) is 0. The molecular formula is C6H6F3IN2O. The first-order chi connectivity index (χ1) is 5.88. The van der Waals surface area contributed by atoms with Crippen LogP contribution in [0.4, 0.5) is 13.2 Å². The van der Waals surface area contributed by atoms with Crippen LogP contribution in [0.3, 0.4) is 0 Å². The third kappa shape index (κ3) is 1.89. The average molecular weight is 306 g/mol. The van der Waals surface area contributed by atoms with Gasteiger partial charge in [-0.25, -0.2) is 0 Å². The molecule has 0 atom stereocenters. The van der Waals surface area contributed by atoms with Crippen LogP contribution in [-0.4, -0.2) is 16.9 Å². The zero-order valence-electron chi connectivity index (χ0n) is 6.81. The van der Waals surface area contributed by atoms with Crippen molar-refractivity contribution < 1.29 is 17.9 Å². The van der Waals surface area contributed by atoms with Gasteiger partial charge in [-0.2, -0.15) is 18.3 Å². The lowest BCUT2D eigenvalue weighted by atomic mass is 10.4. The molecule has 1 rings (SSSR count). The minimum Gasteiger partial charge on any atom is -0.492 e. The molecule has 0 aliphatic heterocycles. The number of nitrogens with zero attached hydrogens (tertiary/aromatic N) is 2. The summed E-state index contributed by atoms with van der Waals surface area (Å²) in [6, 6.07) is 0. The molecule has 0 aliphatic rings. The molecule has 74 valence electrons. The summed E-state index contributed by atoms with van der Waals surface area (Å²) in [5.41, 5.74) is -0.862. The van der Waals surface area contributed by atoms with Gasteiger partial charge < -0.3 is 4.74 Å². The van der Waals surface area contributed by atoms with Crippen LogP contribution < -0.4 is 4.74 Å². The summed E-state index contributed by atoms with van der Waals surface area (Å²) < 4.78 is 42.7. The van der Waals surface area contributed by atoms with E-state index in [9.17, 15) is 13.2 Å². The SMILES string of the molecule is COc1c(I)nn(C)c1C(F)(F)F. The third-order valence-electron chi connectivity index (χ3n) is 1.44. The molecule has 1 aromatic heterocycles. The Balaban J connectivity index is 3.34. The van der Waals surface area contributed by atoms with Crippen molar-refractivity contribution in [1.82, 2.24) is 9.78 Å². The van der Waals surface area contributed by atoms with E-state index in [1.165, 1.54) is 14.2 Å². The maximum absolute atomic E-state index is 12.4. The Bertz CT molecular complexity index is 320. The van der Waals surface area contributed by atoms with Gasteiger partial charge in [0.1, 0.15) is 0 Å². The van der Waals surface area contributed by atoms with E-state index in [1.54, 1.807) is 22.6 Å². The van der Waals surface area contributed by atoms with E-state index in [0.29, 0.717) is 0 Å². The fraction of sp³-hybridized carbons (Fsp3) is 0.500. The second-order valence-corrected chi connectivity index (χ2v) is 3.32. The summed E-state index contributed by atoms with van der Waals surface area (Å²) >= 11 is 1.69. The van der Waals surface area contributed by atoms with Crippen molar-refractivity contribution in [2.45, 2.75) is 6.18 Å². The number of aryl methyl sites for hydroxylation is 1. The van der Waals surface area contributed by atoms with Crippen molar-refractivity contribution in [3.8, 4) is 5.75 Å². The summed E-state index contributed by atoms with van der Waals surface area (Å²) in [7, 11) is 2.42. The highest BCUT2D eigenvalue weighted by Gasteiger charge is 2.39. The highest BCUT2D eigenvalue weighted by Crippen LogP contribution is 2.37. The van der Waals surface area contributed by atoms with E-state index in [-0.39, 0.29) is 9.45 Å². The highest BCUT2D eigenvalue weighted by atomic mass is 127. The molecule has 1 aromatic rings. The van der Waals surface area contributed by atoms with Crippen molar-refractivity contribution in [3.05, 3.63) is 9.39 Å². The highest BCUT2D eigenvalue weighted by molar-refractivity contribution is 14.1. The number of ether oxygens (including phenoxy) is 1. The predicted molar refractivity (Wildman–Crippen MR) is 47.5 cm³/mol. The van der Waals surface area contributed by atoms with Gasteiger partial charge in [-0.1, -0.05) is 0 Å². The molecule has 0 radical (unpaired) electrons. The van der Waals surface area contributed by atoms with Crippen LogP contribution in [0.5, 0.6) is 5.75 Å². The van der Waals surface area contributed by atoms with Crippen molar-refractivity contribution in [1.29, 1.82) is 0 Å². The molecule has 0 amide bonds. The largest absolute Gasteiger partial charge is 0.492 e. The Morgan fingerprint density at radius 2 is 2.00 bits per heavy atom. The van der Waals surface area contributed by atoms with E-state index in [4.69, 9.17) is 0 Å². The predicted octanol–water partition coefficient (Wildman–Crippen LogP) is 2.05. The van der Waals surface area contributed by atoms with Crippen molar-refractivity contribution >= 4 is 22.6 Å². The minimum absolute atomic E-state index is 0.204. The normalized spacial score (nSPS) is 11.8. The van der Waals surface area contributed by atoms with E-state index in [2.05, 4.69) is 9.84 Å². The number of hydrogen-bond acceptors (Lipinski definition) is 2. The molecule has 0 bridgehead atoms. The first kappa shape index (κ1) is 10.6. The molecule has 0 N–H and O–H groups in total. The van der Waals surface area contributed by atoms with Gasteiger partial charge in [-0.15, -0.1) is 0 Å². The Labute approximate surface area is 86.0 Å². The van der Waals surface area contributed by atoms with E-state index in [0.717, 1.165) is 4.68 Å². The summed E-state index contributed by atoms with van der Waals surface area (Å²) in [6.07, 6.45) is -4.43. The molecule has 0 saturated heterocycles. The molecule has 0 unspecified atom stereocenters. The van der Waals surface area contributed by atoms with Gasteiger partial charge in [-0.3, -0.25) is 4.68 Å². The minimum atomic E-state index is -4.43. The molecule has 0 aliphatic carbocycles. The summed E-state index contributed by atoms with van der Waals surface area (Å²) in [4.78, 5) is 0. The van der Waals surface area contributed by atoms with E-state index in [1.807, 2.05) is 0 Å². The second-order valence-electron chi connectivity index (χ2n) is 2.29. The first-order valence-corrected chi connectivity index (χ1v) is 4.29. The number of methoxy groups -OCH3 is 1. The molecule has 0 aromatic carbocycles. The topological polar surface area (TPSA) is 27.1 Å². The van der Waals surface area contributed by atoms with Crippen LogP contribution >= 0.6 is 22.6 Å². The second kappa shape index (κ2) is 3.35. The molecule has 0 fully saturated rings. The Hall–Kier alpha value is -0.470. The van der Waals surface area contributed by atoms with Crippen LogP contribution in [-0.2, 0) is 13.2 Å². The van der Waals surface area contributed by atoms with Crippen LogP contribution in [0.15, 0.2) is 0 Å². The van der Waals surface area contributed by atoms with Gasteiger partial charge in [-0.05, 0) is 22.6 Å². The molecule has 1 heterocycles. The maximum atomic E-state index is 12.4. The maximum Gasteiger partial charge on any atom is 0.436 e. The molecule has 3 nitrogen and oxygen atoms in total. The quantitative estimate of drug-likeness (QED) is 0.743. The van der Waals surface area contributed by atoms with Crippen molar-refractivity contribution in [2.75, 3.05) is 7.11 Å². The van der Waals surface area contributed by atoms with Crippen LogP contribution in [0.2, 0.25) is 0 Å². The fourth-order valence-electron chi connectivity index (χ4n) is 0.965. The Morgan fingerprint density at radius 3 is 2.31 bits per heavy atom. The molecule has 0 spiro atoms. The van der Waals surface area contributed by atoms with Crippen LogP contribution in [0.25, 0.3) is 0 Å². The van der Waals surface area contributed by atoms with Gasteiger partial charge in [0.25, 0.3) is 0 Å². The van der Waals surface area contributed by atoms with Crippen LogP contribution in [0.1, 0.15) is 5.69 Å². The lowest BCUT2D eigenvalue weighted by molar-refractivity contribution is -0.144. The van der Waals surface area contributed by atoms with Gasteiger partial charge >= 0.3 is 6.18 Å². The monoisotopic (exact) mass is 306 g/mol. The molecule has 0 saturated carbocycles. The van der Waals surface area contributed by atoms with Crippen molar-refractivity contribution in [2.24, 2.45) is 7.05 Å². The first-order valence-electron chi connectivity index (χ1n) is 3.21. The number of halogens is 4. The average Bonchev–Trinajstić information content (AvgIpc) is 2.23. The van der Waals surface area contributed by atoms with Gasteiger partial charge in [0.05, 0.1) is 7.11 Å². The summed E-state index contributed by atoms with van der Waals surface area (Å²) in [5, 5.41) is 3.61. The number of alkyl halides is 3. The zero-order valence-corrected chi connectivity index (χ0v) is 8.97. The summed E-state index contributed by atoms with van der Waals surface area (Å²) in [5.74, 6) is -0.226. The number of rotatable bonds is 1. The zero-order chi connectivity index (χ0) is 10.2. The Morgan fingerprint density at radius 1 is 1.46 bits per heavy atom.